The Kier molecular flexibility index (Phi) is 2.89. The van der Waals surface area contributed by atoms with Gasteiger partial charge < -0.3 is 10.4 Å². The van der Waals surface area contributed by atoms with Gasteiger partial charge in [-0.25, -0.2) is 14.8 Å². The van der Waals surface area contributed by atoms with Crippen LogP contribution in [0.4, 0.5) is 5.82 Å². The highest BCUT2D eigenvalue weighted by molar-refractivity contribution is 7.18. The maximum atomic E-state index is 11.6. The monoisotopic (exact) mass is 277 g/mol. The first-order valence-corrected chi connectivity index (χ1v) is 7.15. The molecule has 6 heteroatoms. The molecular weight excluding hydrogens is 262 g/mol. The number of aryl methyl sites for hydroxylation is 1. The van der Waals surface area contributed by atoms with E-state index in [1.54, 1.807) is 11.3 Å². The van der Waals surface area contributed by atoms with Crippen LogP contribution in [0.1, 0.15) is 30.6 Å². The maximum absolute atomic E-state index is 11.6. The third-order valence-corrected chi connectivity index (χ3v) is 4.64. The van der Waals surface area contributed by atoms with Crippen LogP contribution in [0.3, 0.4) is 0 Å². The van der Waals surface area contributed by atoms with Gasteiger partial charge in [0.15, 0.2) is 0 Å². The van der Waals surface area contributed by atoms with E-state index in [1.165, 1.54) is 6.33 Å². The molecule has 0 spiro atoms. The number of aliphatic carboxylic acids is 1. The van der Waals surface area contributed by atoms with Crippen LogP contribution in [0.2, 0.25) is 0 Å². The summed E-state index contributed by atoms with van der Waals surface area (Å²) in [6.45, 7) is 2.01. The molecule has 0 saturated heterocycles. The summed E-state index contributed by atoms with van der Waals surface area (Å²) in [7, 11) is 0. The van der Waals surface area contributed by atoms with Crippen LogP contribution in [-0.2, 0) is 4.79 Å². The first-order chi connectivity index (χ1) is 9.11. The van der Waals surface area contributed by atoms with Crippen molar-refractivity contribution in [1.29, 1.82) is 0 Å². The van der Waals surface area contributed by atoms with Crippen molar-refractivity contribution in [3.05, 3.63) is 17.3 Å². The van der Waals surface area contributed by atoms with E-state index in [1.807, 2.05) is 13.0 Å². The number of fused-ring (bicyclic) bond motifs is 1. The standard InChI is InChI=1S/C13H15N3O2S/c1-8-6-9-10(14-7-15-11(9)19-8)16-13(12(17)18)4-2-3-5-13/h6-7H,2-5H2,1H3,(H,17,18)(H,14,15,16). The first kappa shape index (κ1) is 12.3. The Bertz CT molecular complexity index is 632. The maximum Gasteiger partial charge on any atom is 0.329 e. The van der Waals surface area contributed by atoms with Crippen LogP contribution in [0, 0.1) is 6.92 Å². The minimum Gasteiger partial charge on any atom is -0.480 e. The summed E-state index contributed by atoms with van der Waals surface area (Å²) in [6.07, 6.45) is 4.67. The molecule has 5 nitrogen and oxygen atoms in total. The van der Waals surface area contributed by atoms with Gasteiger partial charge in [0.2, 0.25) is 0 Å². The van der Waals surface area contributed by atoms with Crippen molar-refractivity contribution >= 4 is 33.3 Å². The molecule has 19 heavy (non-hydrogen) atoms. The lowest BCUT2D eigenvalue weighted by molar-refractivity contribution is -0.142. The fourth-order valence-electron chi connectivity index (χ4n) is 2.67. The summed E-state index contributed by atoms with van der Waals surface area (Å²) in [5.41, 5.74) is -0.864. The van der Waals surface area contributed by atoms with Gasteiger partial charge >= 0.3 is 5.97 Å². The van der Waals surface area contributed by atoms with E-state index in [4.69, 9.17) is 0 Å². The van der Waals surface area contributed by atoms with Crippen molar-refractivity contribution < 1.29 is 9.90 Å². The van der Waals surface area contributed by atoms with Crippen molar-refractivity contribution in [2.45, 2.75) is 38.1 Å². The van der Waals surface area contributed by atoms with Crippen molar-refractivity contribution in [2.75, 3.05) is 5.32 Å². The topological polar surface area (TPSA) is 75.1 Å². The minimum atomic E-state index is -0.864. The summed E-state index contributed by atoms with van der Waals surface area (Å²) < 4.78 is 0. The van der Waals surface area contributed by atoms with Gasteiger partial charge in [0.1, 0.15) is 22.5 Å². The summed E-state index contributed by atoms with van der Waals surface area (Å²) in [5.74, 6) is -0.151. The first-order valence-electron chi connectivity index (χ1n) is 6.33. The molecule has 2 aromatic rings. The third kappa shape index (κ3) is 2.06. The number of carbonyl (C=O) groups is 1. The highest BCUT2D eigenvalue weighted by Crippen LogP contribution is 2.35. The van der Waals surface area contributed by atoms with Gasteiger partial charge in [-0.1, -0.05) is 12.8 Å². The van der Waals surface area contributed by atoms with Crippen LogP contribution >= 0.6 is 11.3 Å². The molecule has 1 aliphatic rings. The minimum absolute atomic E-state index is 0.638. The zero-order chi connectivity index (χ0) is 13.5. The average molecular weight is 277 g/mol. The average Bonchev–Trinajstić information content (AvgIpc) is 2.96. The van der Waals surface area contributed by atoms with Gasteiger partial charge in [-0.2, -0.15) is 0 Å². The number of nitrogens with one attached hydrogen (secondary N) is 1. The normalized spacial score (nSPS) is 17.7. The van der Waals surface area contributed by atoms with E-state index in [2.05, 4.69) is 15.3 Å². The summed E-state index contributed by atoms with van der Waals surface area (Å²) >= 11 is 1.59. The molecular formula is C13H15N3O2S. The predicted molar refractivity (Wildman–Crippen MR) is 74.6 cm³/mol. The van der Waals surface area contributed by atoms with Crippen LogP contribution in [0.5, 0.6) is 0 Å². The Morgan fingerprint density at radius 1 is 1.42 bits per heavy atom. The number of carboxylic acid groups (broad SMARTS) is 1. The van der Waals surface area contributed by atoms with Gasteiger partial charge in [-0.3, -0.25) is 0 Å². The van der Waals surface area contributed by atoms with E-state index in [0.29, 0.717) is 18.7 Å². The van der Waals surface area contributed by atoms with Crippen molar-refractivity contribution in [3.63, 3.8) is 0 Å². The van der Waals surface area contributed by atoms with Crippen molar-refractivity contribution in [3.8, 4) is 0 Å². The summed E-state index contributed by atoms with van der Waals surface area (Å²) in [5, 5.41) is 13.6. The number of aromatic nitrogens is 2. The molecule has 1 aliphatic carbocycles. The van der Waals surface area contributed by atoms with Gasteiger partial charge in [-0.15, -0.1) is 11.3 Å². The number of hydrogen-bond donors (Lipinski definition) is 2. The Morgan fingerprint density at radius 2 is 2.16 bits per heavy atom. The summed E-state index contributed by atoms with van der Waals surface area (Å²) in [6, 6.07) is 2.01. The number of anilines is 1. The van der Waals surface area contributed by atoms with Crippen LogP contribution in [-0.4, -0.2) is 26.6 Å². The second-order valence-corrected chi connectivity index (χ2v) is 6.25. The lowest BCUT2D eigenvalue weighted by Gasteiger charge is -2.26. The molecule has 0 bridgehead atoms. The Hall–Kier alpha value is -1.69. The molecule has 2 heterocycles. The molecule has 1 fully saturated rings. The SMILES string of the molecule is Cc1cc2c(NC3(C(=O)O)CCCC3)ncnc2s1. The largest absolute Gasteiger partial charge is 0.480 e. The summed E-state index contributed by atoms with van der Waals surface area (Å²) in [4.78, 5) is 22.1. The molecule has 0 radical (unpaired) electrons. The van der Waals surface area contributed by atoms with Gasteiger partial charge in [0.25, 0.3) is 0 Å². The van der Waals surface area contributed by atoms with Gasteiger partial charge in [0, 0.05) is 4.88 Å². The van der Waals surface area contributed by atoms with E-state index in [-0.39, 0.29) is 0 Å². The molecule has 0 amide bonds. The van der Waals surface area contributed by atoms with Crippen LogP contribution < -0.4 is 5.32 Å². The van der Waals surface area contributed by atoms with Gasteiger partial charge in [0.05, 0.1) is 5.39 Å². The number of nitrogens with zero attached hydrogens (tertiary/aromatic N) is 2. The molecule has 2 N–H and O–H groups in total. The number of carboxylic acids is 1. The van der Waals surface area contributed by atoms with Crippen LogP contribution in [0.25, 0.3) is 10.2 Å². The molecule has 1 saturated carbocycles. The number of rotatable bonds is 3. The van der Waals surface area contributed by atoms with Crippen molar-refractivity contribution in [1.82, 2.24) is 9.97 Å². The highest BCUT2D eigenvalue weighted by Gasteiger charge is 2.41. The lowest BCUT2D eigenvalue weighted by atomic mass is 9.98. The third-order valence-electron chi connectivity index (χ3n) is 3.68. The van der Waals surface area contributed by atoms with Crippen molar-refractivity contribution in [2.24, 2.45) is 0 Å². The number of thiophene rings is 1. The van der Waals surface area contributed by atoms with Crippen LogP contribution in [0.15, 0.2) is 12.4 Å². The second kappa shape index (κ2) is 4.45. The van der Waals surface area contributed by atoms with E-state index in [9.17, 15) is 9.90 Å². The zero-order valence-electron chi connectivity index (χ0n) is 10.6. The second-order valence-electron chi connectivity index (χ2n) is 5.02. The van der Waals surface area contributed by atoms with E-state index < -0.39 is 11.5 Å². The van der Waals surface area contributed by atoms with E-state index >= 15 is 0 Å². The fourth-order valence-corrected chi connectivity index (χ4v) is 3.52. The fraction of sp³-hybridized carbons (Fsp3) is 0.462. The number of hydrogen-bond acceptors (Lipinski definition) is 5. The Labute approximate surface area is 114 Å². The quantitative estimate of drug-likeness (QED) is 0.902. The Balaban J connectivity index is 2.02. The molecule has 3 rings (SSSR count). The zero-order valence-corrected chi connectivity index (χ0v) is 11.5. The van der Waals surface area contributed by atoms with E-state index in [0.717, 1.165) is 27.9 Å². The Morgan fingerprint density at radius 3 is 2.84 bits per heavy atom. The molecule has 0 aromatic carbocycles. The molecule has 0 aliphatic heterocycles. The predicted octanol–water partition coefficient (Wildman–Crippen LogP) is 2.81. The molecule has 0 unspecified atom stereocenters. The highest BCUT2D eigenvalue weighted by atomic mass is 32.1. The molecule has 100 valence electrons. The van der Waals surface area contributed by atoms with Gasteiger partial charge in [-0.05, 0) is 25.8 Å². The smallest absolute Gasteiger partial charge is 0.329 e. The molecule has 2 aromatic heterocycles. The lowest BCUT2D eigenvalue weighted by Crippen LogP contribution is -2.43. The molecule has 0 atom stereocenters.